The lowest BCUT2D eigenvalue weighted by Crippen LogP contribution is -2.21. The monoisotopic (exact) mass is 247 g/mol. The van der Waals surface area contributed by atoms with Crippen molar-refractivity contribution >= 4 is 11.8 Å². The van der Waals surface area contributed by atoms with Crippen LogP contribution in [0.1, 0.15) is 13.8 Å². The van der Waals surface area contributed by atoms with Crippen LogP contribution in [0.4, 0.5) is 0 Å². The van der Waals surface area contributed by atoms with E-state index in [4.69, 9.17) is 4.74 Å². The minimum Gasteiger partial charge on any atom is -0.390 e. The third-order valence-electron chi connectivity index (χ3n) is 1.87. The number of aromatic nitrogens is 3. The molecule has 0 bridgehead atoms. The van der Waals surface area contributed by atoms with Crippen LogP contribution in [0.5, 0.6) is 0 Å². The SMILES string of the molecule is CC(C)OCC(O)CSc1n[nH]c(=O)n1C. The first-order chi connectivity index (χ1) is 7.50. The zero-order valence-electron chi connectivity index (χ0n) is 9.64. The Morgan fingerprint density at radius 3 is 2.81 bits per heavy atom. The van der Waals surface area contributed by atoms with Gasteiger partial charge in [0.05, 0.1) is 18.8 Å². The summed E-state index contributed by atoms with van der Waals surface area (Å²) < 4.78 is 6.67. The zero-order valence-corrected chi connectivity index (χ0v) is 10.5. The number of hydrogen-bond acceptors (Lipinski definition) is 5. The van der Waals surface area contributed by atoms with Crippen LogP contribution in [0.25, 0.3) is 0 Å². The van der Waals surface area contributed by atoms with Crippen LogP contribution in [0, 0.1) is 0 Å². The first kappa shape index (κ1) is 13.3. The van der Waals surface area contributed by atoms with Crippen molar-refractivity contribution in [2.24, 2.45) is 7.05 Å². The van der Waals surface area contributed by atoms with Crippen LogP contribution in [-0.2, 0) is 11.8 Å². The van der Waals surface area contributed by atoms with Gasteiger partial charge in [0.15, 0.2) is 5.16 Å². The molecule has 7 heteroatoms. The van der Waals surface area contributed by atoms with Crippen molar-refractivity contribution in [2.45, 2.75) is 31.2 Å². The zero-order chi connectivity index (χ0) is 12.1. The highest BCUT2D eigenvalue weighted by Crippen LogP contribution is 2.13. The number of nitrogens with zero attached hydrogens (tertiary/aromatic N) is 2. The molecule has 92 valence electrons. The van der Waals surface area contributed by atoms with Crippen molar-refractivity contribution in [2.75, 3.05) is 12.4 Å². The fourth-order valence-electron chi connectivity index (χ4n) is 0.984. The topological polar surface area (TPSA) is 80.1 Å². The van der Waals surface area contributed by atoms with Gasteiger partial charge in [-0.25, -0.2) is 9.89 Å². The third kappa shape index (κ3) is 3.99. The van der Waals surface area contributed by atoms with E-state index >= 15 is 0 Å². The van der Waals surface area contributed by atoms with Gasteiger partial charge in [-0.2, -0.15) is 0 Å². The Kier molecular flexibility index (Phi) is 5.04. The van der Waals surface area contributed by atoms with Gasteiger partial charge in [-0.1, -0.05) is 11.8 Å². The van der Waals surface area contributed by atoms with E-state index in [1.165, 1.54) is 16.3 Å². The highest BCUT2D eigenvalue weighted by atomic mass is 32.2. The molecule has 0 aliphatic heterocycles. The Balaban J connectivity index is 2.34. The van der Waals surface area contributed by atoms with E-state index in [1.54, 1.807) is 7.05 Å². The molecule has 1 aromatic rings. The molecule has 1 aromatic heterocycles. The van der Waals surface area contributed by atoms with Crippen LogP contribution < -0.4 is 5.69 Å². The Labute approximate surface area is 98.0 Å². The highest BCUT2D eigenvalue weighted by Gasteiger charge is 2.10. The molecule has 0 saturated carbocycles. The minimum atomic E-state index is -0.556. The van der Waals surface area contributed by atoms with Crippen LogP contribution in [0.15, 0.2) is 9.95 Å². The number of thioether (sulfide) groups is 1. The molecule has 2 N–H and O–H groups in total. The third-order valence-corrected chi connectivity index (χ3v) is 3.04. The first-order valence-corrected chi connectivity index (χ1v) is 6.03. The predicted molar refractivity (Wildman–Crippen MR) is 61.6 cm³/mol. The largest absolute Gasteiger partial charge is 0.390 e. The van der Waals surface area contributed by atoms with Gasteiger partial charge in [0.1, 0.15) is 0 Å². The number of rotatable bonds is 6. The van der Waals surface area contributed by atoms with E-state index < -0.39 is 6.10 Å². The normalized spacial score (nSPS) is 13.3. The maximum atomic E-state index is 11.0. The van der Waals surface area contributed by atoms with Crippen molar-refractivity contribution in [3.05, 3.63) is 10.5 Å². The van der Waals surface area contributed by atoms with Gasteiger partial charge >= 0.3 is 5.69 Å². The first-order valence-electron chi connectivity index (χ1n) is 5.04. The second-order valence-electron chi connectivity index (χ2n) is 3.72. The molecule has 0 spiro atoms. The number of H-pyrrole nitrogens is 1. The van der Waals surface area contributed by atoms with Gasteiger partial charge in [-0.05, 0) is 13.8 Å². The summed E-state index contributed by atoms with van der Waals surface area (Å²) in [4.78, 5) is 11.0. The molecule has 0 fully saturated rings. The summed E-state index contributed by atoms with van der Waals surface area (Å²) in [5.41, 5.74) is -0.254. The molecule has 1 unspecified atom stereocenters. The van der Waals surface area contributed by atoms with E-state index in [0.29, 0.717) is 17.5 Å². The maximum absolute atomic E-state index is 11.0. The molecule has 0 aromatic carbocycles. The number of hydrogen-bond donors (Lipinski definition) is 2. The summed E-state index contributed by atoms with van der Waals surface area (Å²) in [5.74, 6) is 0.449. The van der Waals surface area contributed by atoms with Crippen LogP contribution in [0.3, 0.4) is 0 Å². The van der Waals surface area contributed by atoms with Crippen molar-refractivity contribution in [1.82, 2.24) is 14.8 Å². The van der Waals surface area contributed by atoms with Crippen molar-refractivity contribution in [3.8, 4) is 0 Å². The van der Waals surface area contributed by atoms with Crippen molar-refractivity contribution in [1.29, 1.82) is 0 Å². The predicted octanol–water partition coefficient (Wildman–Crippen LogP) is -0.0136. The standard InChI is InChI=1S/C9H17N3O3S/c1-6(2)15-4-7(13)5-16-9-11-10-8(14)12(9)3/h6-7,13H,4-5H2,1-3H3,(H,10,14). The molecule has 1 heterocycles. The van der Waals surface area contributed by atoms with Crippen LogP contribution in [0.2, 0.25) is 0 Å². The molecule has 16 heavy (non-hydrogen) atoms. The van der Waals surface area contributed by atoms with Crippen molar-refractivity contribution in [3.63, 3.8) is 0 Å². The fraction of sp³-hybridized carbons (Fsp3) is 0.778. The van der Waals surface area contributed by atoms with E-state index in [1.807, 2.05) is 13.8 Å². The lowest BCUT2D eigenvalue weighted by molar-refractivity contribution is 0.0152. The summed E-state index contributed by atoms with van der Waals surface area (Å²) in [6.07, 6.45) is -0.450. The number of nitrogens with one attached hydrogen (secondary N) is 1. The molecule has 0 amide bonds. The van der Waals surface area contributed by atoms with Gasteiger partial charge in [0.2, 0.25) is 0 Å². The van der Waals surface area contributed by atoms with Gasteiger partial charge in [0.25, 0.3) is 0 Å². The lowest BCUT2D eigenvalue weighted by Gasteiger charge is -2.12. The van der Waals surface area contributed by atoms with Crippen molar-refractivity contribution < 1.29 is 9.84 Å². The highest BCUT2D eigenvalue weighted by molar-refractivity contribution is 7.99. The summed E-state index contributed by atoms with van der Waals surface area (Å²) in [5, 5.41) is 16.3. The fourth-order valence-corrected chi connectivity index (χ4v) is 1.81. The van der Waals surface area contributed by atoms with Crippen LogP contribution in [-0.4, -0.2) is 44.4 Å². The molecule has 0 saturated heterocycles. The van der Waals surface area contributed by atoms with E-state index in [-0.39, 0.29) is 11.8 Å². The van der Waals surface area contributed by atoms with Gasteiger partial charge < -0.3 is 9.84 Å². The molecule has 0 radical (unpaired) electrons. The molecule has 0 aliphatic carbocycles. The molecular weight excluding hydrogens is 230 g/mol. The molecule has 0 aliphatic rings. The quantitative estimate of drug-likeness (QED) is 0.691. The molecular formula is C9H17N3O3S. The van der Waals surface area contributed by atoms with Crippen LogP contribution >= 0.6 is 11.8 Å². The summed E-state index contributed by atoms with van der Waals surface area (Å²) in [6, 6.07) is 0. The number of aliphatic hydroxyl groups excluding tert-OH is 1. The average Bonchev–Trinajstić information content (AvgIpc) is 2.54. The Hall–Kier alpha value is -0.790. The second kappa shape index (κ2) is 6.07. The van der Waals surface area contributed by atoms with E-state index in [9.17, 15) is 9.90 Å². The lowest BCUT2D eigenvalue weighted by atomic mass is 10.4. The summed E-state index contributed by atoms with van der Waals surface area (Å²) >= 11 is 1.32. The Bertz CT molecular complexity index is 374. The van der Waals surface area contributed by atoms with Gasteiger partial charge in [-0.3, -0.25) is 4.57 Å². The summed E-state index contributed by atoms with van der Waals surface area (Å²) in [6.45, 7) is 4.12. The smallest absolute Gasteiger partial charge is 0.343 e. The van der Waals surface area contributed by atoms with Gasteiger partial charge in [-0.15, -0.1) is 5.10 Å². The molecule has 1 atom stereocenters. The summed E-state index contributed by atoms with van der Waals surface area (Å²) in [7, 11) is 1.63. The van der Waals surface area contributed by atoms with Gasteiger partial charge in [0, 0.05) is 12.8 Å². The Morgan fingerprint density at radius 1 is 1.62 bits per heavy atom. The Morgan fingerprint density at radius 2 is 2.31 bits per heavy atom. The minimum absolute atomic E-state index is 0.106. The number of aliphatic hydroxyl groups is 1. The number of aromatic amines is 1. The number of ether oxygens (including phenoxy) is 1. The molecule has 1 rings (SSSR count). The molecule has 6 nitrogen and oxygen atoms in total. The second-order valence-corrected chi connectivity index (χ2v) is 4.70. The van der Waals surface area contributed by atoms with E-state index in [2.05, 4.69) is 10.2 Å². The average molecular weight is 247 g/mol. The van der Waals surface area contributed by atoms with E-state index in [0.717, 1.165) is 0 Å². The maximum Gasteiger partial charge on any atom is 0.343 e.